The number of methoxy groups -OCH3 is 2. The van der Waals surface area contributed by atoms with Crippen molar-refractivity contribution in [2.75, 3.05) is 38.0 Å². The number of benzene rings is 1. The maximum atomic E-state index is 13.6. The summed E-state index contributed by atoms with van der Waals surface area (Å²) in [6, 6.07) is 4.99. The van der Waals surface area contributed by atoms with Gasteiger partial charge in [0.15, 0.2) is 0 Å². The molecule has 2 aliphatic rings. The van der Waals surface area contributed by atoms with Gasteiger partial charge in [0, 0.05) is 30.8 Å². The van der Waals surface area contributed by atoms with E-state index in [1.54, 1.807) is 25.1 Å². The van der Waals surface area contributed by atoms with Crippen LogP contribution in [0.4, 0.5) is 5.69 Å². The van der Waals surface area contributed by atoms with E-state index in [-0.39, 0.29) is 30.8 Å². The molecule has 0 aromatic heterocycles. The third-order valence-corrected chi connectivity index (χ3v) is 8.10. The van der Waals surface area contributed by atoms with Gasteiger partial charge < -0.3 is 14.8 Å². The normalized spacial score (nSPS) is 23.1. The number of nitrogens with zero attached hydrogens (tertiary/aromatic N) is 2. The molecule has 0 radical (unpaired) electrons. The number of sulfonamides is 1. The highest BCUT2D eigenvalue weighted by molar-refractivity contribution is 7.89. The fourth-order valence-electron chi connectivity index (χ4n) is 4.46. The molecule has 1 N–H and O–H groups in total. The van der Waals surface area contributed by atoms with Crippen molar-refractivity contribution in [3.05, 3.63) is 18.2 Å². The molecule has 1 saturated carbocycles. The Bertz CT molecular complexity index is 938. The van der Waals surface area contributed by atoms with Crippen LogP contribution < -0.4 is 19.7 Å². The van der Waals surface area contributed by atoms with Gasteiger partial charge in [0.2, 0.25) is 21.8 Å². The monoisotopic (exact) mass is 467 g/mol. The number of amides is 2. The fourth-order valence-corrected chi connectivity index (χ4v) is 5.58. The highest BCUT2D eigenvalue weighted by Gasteiger charge is 2.51. The molecule has 1 aliphatic carbocycles. The first-order valence-corrected chi connectivity index (χ1v) is 12.6. The van der Waals surface area contributed by atoms with Crippen LogP contribution in [0.15, 0.2) is 18.2 Å². The van der Waals surface area contributed by atoms with E-state index in [0.717, 1.165) is 36.4 Å². The number of rotatable bonds is 7. The van der Waals surface area contributed by atoms with Gasteiger partial charge in [-0.1, -0.05) is 19.3 Å². The van der Waals surface area contributed by atoms with Crippen molar-refractivity contribution in [3.8, 4) is 11.5 Å². The lowest BCUT2D eigenvalue weighted by Crippen LogP contribution is -2.71. The van der Waals surface area contributed by atoms with Gasteiger partial charge in [-0.05, 0) is 26.7 Å². The predicted molar refractivity (Wildman–Crippen MR) is 121 cm³/mol. The van der Waals surface area contributed by atoms with Gasteiger partial charge in [0.1, 0.15) is 17.0 Å². The second-order valence-electron chi connectivity index (χ2n) is 8.55. The van der Waals surface area contributed by atoms with Gasteiger partial charge in [0.25, 0.3) is 0 Å². The van der Waals surface area contributed by atoms with Crippen LogP contribution in [-0.2, 0) is 19.6 Å². The molecular formula is C22H33N3O6S. The Balaban J connectivity index is 2.04. The predicted octanol–water partition coefficient (Wildman–Crippen LogP) is 1.91. The average molecular weight is 468 g/mol. The quantitative estimate of drug-likeness (QED) is 0.657. The minimum Gasteiger partial charge on any atom is -0.497 e. The summed E-state index contributed by atoms with van der Waals surface area (Å²) in [5.74, 6) is -0.0647. The Labute approximate surface area is 190 Å². The number of piperazine rings is 1. The second kappa shape index (κ2) is 9.66. The summed E-state index contributed by atoms with van der Waals surface area (Å²) in [7, 11) is -0.664. The molecule has 178 valence electrons. The van der Waals surface area contributed by atoms with Crippen molar-refractivity contribution in [1.29, 1.82) is 0 Å². The number of anilines is 1. The fraction of sp³-hybridized carbons (Fsp3) is 0.636. The molecule has 1 aromatic rings. The third kappa shape index (κ3) is 4.85. The van der Waals surface area contributed by atoms with Crippen LogP contribution in [0.1, 0.15) is 46.0 Å². The zero-order valence-electron chi connectivity index (χ0n) is 19.2. The molecule has 9 nitrogen and oxygen atoms in total. The van der Waals surface area contributed by atoms with Crippen molar-refractivity contribution < 1.29 is 27.5 Å². The topological polar surface area (TPSA) is 105 Å². The number of carbonyl (C=O) groups is 2. The highest BCUT2D eigenvalue weighted by Crippen LogP contribution is 2.36. The van der Waals surface area contributed by atoms with Crippen molar-refractivity contribution in [1.82, 2.24) is 9.62 Å². The standard InChI is InChI=1S/C22H33N3O6S/c1-5-32(28,29)24-14-20(26)25(17-11-18(30-3)13-19(12-17)31-4)22(2,15-24)21(27)23-16-9-7-6-8-10-16/h11-13,16H,5-10,14-15H2,1-4H3,(H,23,27)/t22-/m1/s1. The van der Waals surface area contributed by atoms with E-state index in [1.807, 2.05) is 0 Å². The summed E-state index contributed by atoms with van der Waals surface area (Å²) >= 11 is 0. The molecule has 1 atom stereocenters. The maximum Gasteiger partial charge on any atom is 0.247 e. The van der Waals surface area contributed by atoms with E-state index in [0.29, 0.717) is 17.2 Å². The van der Waals surface area contributed by atoms with E-state index in [1.165, 1.54) is 26.0 Å². The Morgan fingerprint density at radius 2 is 1.72 bits per heavy atom. The number of carbonyl (C=O) groups excluding carboxylic acids is 2. The van der Waals surface area contributed by atoms with E-state index in [9.17, 15) is 18.0 Å². The summed E-state index contributed by atoms with van der Waals surface area (Å²) in [5, 5.41) is 3.08. The molecular weight excluding hydrogens is 434 g/mol. The van der Waals surface area contributed by atoms with Crippen LogP contribution in [0, 0.1) is 0 Å². The zero-order chi connectivity index (χ0) is 23.5. The second-order valence-corrected chi connectivity index (χ2v) is 10.8. The first-order valence-electron chi connectivity index (χ1n) is 11.0. The lowest BCUT2D eigenvalue weighted by Gasteiger charge is -2.47. The molecule has 0 spiro atoms. The number of hydrogen-bond donors (Lipinski definition) is 1. The molecule has 1 aliphatic heterocycles. The van der Waals surface area contributed by atoms with E-state index in [2.05, 4.69) is 5.32 Å². The van der Waals surface area contributed by atoms with Gasteiger partial charge in [-0.25, -0.2) is 8.42 Å². The molecule has 2 amide bonds. The van der Waals surface area contributed by atoms with Gasteiger partial charge in [-0.15, -0.1) is 0 Å². The Hall–Kier alpha value is -2.33. The average Bonchev–Trinajstić information content (AvgIpc) is 2.78. The SMILES string of the molecule is CCS(=O)(=O)N1CC(=O)N(c2cc(OC)cc(OC)c2)[C@@](C)(C(=O)NC2CCCCC2)C1. The molecule has 1 saturated heterocycles. The largest absolute Gasteiger partial charge is 0.497 e. The molecule has 0 bridgehead atoms. The van der Waals surface area contributed by atoms with Gasteiger partial charge in [-0.2, -0.15) is 4.31 Å². The van der Waals surface area contributed by atoms with E-state index >= 15 is 0 Å². The molecule has 32 heavy (non-hydrogen) atoms. The number of hydrogen-bond acceptors (Lipinski definition) is 6. The Kier molecular flexibility index (Phi) is 7.34. The summed E-state index contributed by atoms with van der Waals surface area (Å²) in [5.41, 5.74) is -1.02. The number of ether oxygens (including phenoxy) is 2. The zero-order valence-corrected chi connectivity index (χ0v) is 20.0. The van der Waals surface area contributed by atoms with Crippen LogP contribution in [0.3, 0.4) is 0 Å². The maximum absolute atomic E-state index is 13.6. The molecule has 1 aromatic carbocycles. The van der Waals surface area contributed by atoms with E-state index in [4.69, 9.17) is 9.47 Å². The van der Waals surface area contributed by atoms with Crippen molar-refractivity contribution >= 4 is 27.5 Å². The number of nitrogens with one attached hydrogen (secondary N) is 1. The van der Waals surface area contributed by atoms with Crippen molar-refractivity contribution in [2.24, 2.45) is 0 Å². The lowest BCUT2D eigenvalue weighted by atomic mass is 9.91. The minimum absolute atomic E-state index is 0.0167. The van der Waals surface area contributed by atoms with Crippen molar-refractivity contribution in [3.63, 3.8) is 0 Å². The van der Waals surface area contributed by atoms with Crippen LogP contribution in [-0.4, -0.2) is 69.2 Å². The Morgan fingerprint density at radius 3 is 2.25 bits per heavy atom. The minimum atomic E-state index is -3.67. The van der Waals surface area contributed by atoms with Gasteiger partial charge in [-0.3, -0.25) is 14.5 Å². The molecule has 0 unspecified atom stereocenters. The summed E-state index contributed by atoms with van der Waals surface area (Å²) < 4.78 is 37.1. The first kappa shape index (κ1) is 24.3. The third-order valence-electron chi connectivity index (χ3n) is 6.32. The van der Waals surface area contributed by atoms with Crippen LogP contribution >= 0.6 is 0 Å². The van der Waals surface area contributed by atoms with E-state index < -0.39 is 21.5 Å². The molecule has 10 heteroatoms. The lowest BCUT2D eigenvalue weighted by molar-refractivity contribution is -0.133. The Morgan fingerprint density at radius 1 is 1.12 bits per heavy atom. The van der Waals surface area contributed by atoms with Gasteiger partial charge >= 0.3 is 0 Å². The summed E-state index contributed by atoms with van der Waals surface area (Å²) in [6.45, 7) is 2.68. The molecule has 1 heterocycles. The smallest absolute Gasteiger partial charge is 0.247 e. The molecule has 3 rings (SSSR count). The first-order chi connectivity index (χ1) is 15.1. The summed E-state index contributed by atoms with van der Waals surface area (Å²) in [6.07, 6.45) is 4.96. The van der Waals surface area contributed by atoms with Crippen LogP contribution in [0.5, 0.6) is 11.5 Å². The van der Waals surface area contributed by atoms with Crippen LogP contribution in [0.2, 0.25) is 0 Å². The highest BCUT2D eigenvalue weighted by atomic mass is 32.2. The van der Waals surface area contributed by atoms with Crippen LogP contribution in [0.25, 0.3) is 0 Å². The summed E-state index contributed by atoms with van der Waals surface area (Å²) in [4.78, 5) is 28.3. The van der Waals surface area contributed by atoms with Crippen molar-refractivity contribution in [2.45, 2.75) is 57.5 Å². The van der Waals surface area contributed by atoms with Gasteiger partial charge in [0.05, 0.1) is 32.2 Å². The molecule has 2 fully saturated rings.